The number of para-hydroxylation sites is 1. The maximum Gasteiger partial charge on any atom is 0.408 e. The molecule has 0 saturated heterocycles. The summed E-state index contributed by atoms with van der Waals surface area (Å²) in [6, 6.07) is 5.29. The number of benzene rings is 1. The molecule has 0 saturated carbocycles. The highest BCUT2D eigenvalue weighted by Gasteiger charge is 2.42. The summed E-state index contributed by atoms with van der Waals surface area (Å²) in [6.07, 6.45) is 0.482. The lowest BCUT2D eigenvalue weighted by Gasteiger charge is -2.21. The highest BCUT2D eigenvalue weighted by Crippen LogP contribution is 2.11. The Hall–Kier alpha value is -2.48. The number of nitrogens with one attached hydrogen (secondary N) is 3. The largest absolute Gasteiger partial charge is 0.465 e. The molecule has 2 amide bonds. The van der Waals surface area contributed by atoms with Crippen molar-refractivity contribution in [1.82, 2.24) is 16.2 Å². The van der Waals surface area contributed by atoms with Crippen molar-refractivity contribution in [3.8, 4) is 0 Å². The molecule has 0 aromatic heterocycles. The van der Waals surface area contributed by atoms with E-state index in [4.69, 9.17) is 5.11 Å². The highest BCUT2D eigenvalue weighted by molar-refractivity contribution is 5.89. The molecule has 1 aromatic rings. The number of unbranched alkanes of at least 4 members (excludes halogenated alkanes) is 1. The topological polar surface area (TPSA) is 115 Å². The molecule has 0 spiro atoms. The van der Waals surface area contributed by atoms with Gasteiger partial charge in [0.05, 0.1) is 10.7 Å². The van der Waals surface area contributed by atoms with Crippen LogP contribution in [-0.2, 0) is 4.79 Å². The van der Waals surface area contributed by atoms with E-state index in [-0.39, 0.29) is 0 Å². The van der Waals surface area contributed by atoms with Crippen molar-refractivity contribution in [3.63, 3.8) is 0 Å². The summed E-state index contributed by atoms with van der Waals surface area (Å²) in [7, 11) is 0. The van der Waals surface area contributed by atoms with Gasteiger partial charge in [-0.2, -0.15) is 0 Å². The van der Waals surface area contributed by atoms with Crippen molar-refractivity contribution < 1.29 is 14.7 Å². The van der Waals surface area contributed by atoms with Gasteiger partial charge >= 0.3 is 17.8 Å². The molecule has 8 heteroatoms. The third-order valence-corrected chi connectivity index (χ3v) is 3.23. The minimum Gasteiger partial charge on any atom is -0.465 e. The number of hydrogen-bond donors (Lipinski definition) is 4. The lowest BCUT2D eigenvalue weighted by atomic mass is 10.2. The standard InChI is InChI=1S/C14H19N5O3/c1-3-4-8-15-19-12(20)14(18-13(21)22)16-10-7-5-6-9(2)11(10)17-14/h5-7,15,18H,3-4,8H2,1-2H3,(H,19,20)(H,21,22). The van der Waals surface area contributed by atoms with E-state index in [9.17, 15) is 9.59 Å². The van der Waals surface area contributed by atoms with E-state index in [1.807, 2.05) is 19.9 Å². The van der Waals surface area contributed by atoms with Gasteiger partial charge in [0.15, 0.2) is 0 Å². The Morgan fingerprint density at radius 2 is 2.09 bits per heavy atom. The van der Waals surface area contributed by atoms with Crippen LogP contribution in [0.25, 0.3) is 0 Å². The molecule has 2 rings (SSSR count). The summed E-state index contributed by atoms with van der Waals surface area (Å²) >= 11 is 0. The Balaban J connectivity index is 2.30. The van der Waals surface area contributed by atoms with Gasteiger partial charge in [0.25, 0.3) is 0 Å². The first-order chi connectivity index (χ1) is 10.5. The van der Waals surface area contributed by atoms with Gasteiger partial charge in [-0.1, -0.05) is 25.5 Å². The number of carboxylic acid groups (broad SMARTS) is 1. The first kappa shape index (κ1) is 15.9. The van der Waals surface area contributed by atoms with Crippen LogP contribution in [0.15, 0.2) is 28.2 Å². The zero-order valence-corrected chi connectivity index (χ0v) is 12.5. The van der Waals surface area contributed by atoms with E-state index in [2.05, 4.69) is 26.2 Å². The number of hydrogen-bond acceptors (Lipinski definition) is 5. The molecule has 8 nitrogen and oxygen atoms in total. The van der Waals surface area contributed by atoms with Crippen molar-refractivity contribution in [2.24, 2.45) is 9.98 Å². The molecule has 1 aliphatic heterocycles. The van der Waals surface area contributed by atoms with Crippen LogP contribution >= 0.6 is 0 Å². The molecule has 22 heavy (non-hydrogen) atoms. The van der Waals surface area contributed by atoms with Crippen LogP contribution < -0.4 is 26.9 Å². The predicted molar refractivity (Wildman–Crippen MR) is 78.4 cm³/mol. The van der Waals surface area contributed by atoms with Crippen LogP contribution in [-0.4, -0.2) is 29.4 Å². The van der Waals surface area contributed by atoms with Gasteiger partial charge in [0.1, 0.15) is 0 Å². The number of carbonyl (C=O) groups is 2. The summed E-state index contributed by atoms with van der Waals surface area (Å²) in [5, 5.41) is 12.1. The van der Waals surface area contributed by atoms with Crippen LogP contribution in [0.2, 0.25) is 0 Å². The van der Waals surface area contributed by atoms with Gasteiger partial charge in [-0.3, -0.25) is 15.5 Å². The average Bonchev–Trinajstić information content (AvgIpc) is 2.83. The third kappa shape index (κ3) is 3.22. The second-order valence-corrected chi connectivity index (χ2v) is 5.00. The van der Waals surface area contributed by atoms with Crippen LogP contribution in [0.5, 0.6) is 0 Å². The lowest BCUT2D eigenvalue weighted by molar-refractivity contribution is -0.128. The molecule has 4 N–H and O–H groups in total. The Morgan fingerprint density at radius 3 is 2.73 bits per heavy atom. The van der Waals surface area contributed by atoms with E-state index in [0.717, 1.165) is 18.4 Å². The monoisotopic (exact) mass is 305 g/mol. The van der Waals surface area contributed by atoms with E-state index < -0.39 is 17.8 Å². The number of carbonyl (C=O) groups excluding carboxylic acids is 1. The molecule has 1 unspecified atom stereocenters. The number of nitrogens with zero attached hydrogens (tertiary/aromatic N) is 2. The van der Waals surface area contributed by atoms with Crippen LogP contribution in [0, 0.1) is 6.92 Å². The maximum atomic E-state index is 12.4. The van der Waals surface area contributed by atoms with Crippen molar-refractivity contribution in [1.29, 1.82) is 0 Å². The van der Waals surface area contributed by atoms with Crippen LogP contribution in [0.3, 0.4) is 0 Å². The molecular weight excluding hydrogens is 286 g/mol. The molecule has 118 valence electrons. The van der Waals surface area contributed by atoms with Crippen molar-refractivity contribution in [2.75, 3.05) is 6.54 Å². The fraction of sp³-hybridized carbons (Fsp3) is 0.429. The van der Waals surface area contributed by atoms with Gasteiger partial charge in [-0.15, -0.1) is 0 Å². The molecule has 0 aliphatic carbocycles. The lowest BCUT2D eigenvalue weighted by Crippen LogP contribution is -2.58. The smallest absolute Gasteiger partial charge is 0.408 e. The van der Waals surface area contributed by atoms with Gasteiger partial charge in [-0.05, 0) is 25.0 Å². The zero-order valence-electron chi connectivity index (χ0n) is 12.5. The van der Waals surface area contributed by atoms with Crippen molar-refractivity contribution in [2.45, 2.75) is 32.5 Å². The SMILES string of the molecule is CCCCNNC(=O)C1(NC(=O)O)N=c2cccc(C)c2=N1. The number of rotatable bonds is 6. The molecule has 0 fully saturated rings. The van der Waals surface area contributed by atoms with Crippen molar-refractivity contribution in [3.05, 3.63) is 34.5 Å². The number of fused-ring (bicyclic) bond motifs is 1. The van der Waals surface area contributed by atoms with Gasteiger partial charge < -0.3 is 5.11 Å². The number of amides is 2. The molecule has 0 bridgehead atoms. The van der Waals surface area contributed by atoms with E-state index in [0.29, 0.717) is 17.3 Å². The first-order valence-corrected chi connectivity index (χ1v) is 7.08. The second kappa shape index (κ2) is 6.52. The van der Waals surface area contributed by atoms with Crippen molar-refractivity contribution >= 4 is 12.0 Å². The molecule has 1 atom stereocenters. The molecule has 1 heterocycles. The van der Waals surface area contributed by atoms with Crippen LogP contribution in [0.1, 0.15) is 25.3 Å². The highest BCUT2D eigenvalue weighted by atomic mass is 16.4. The normalized spacial score (nSPS) is 18.8. The molecule has 1 aliphatic rings. The first-order valence-electron chi connectivity index (χ1n) is 7.08. The van der Waals surface area contributed by atoms with E-state index in [1.165, 1.54) is 0 Å². The zero-order chi connectivity index (χ0) is 16.2. The third-order valence-electron chi connectivity index (χ3n) is 3.23. The molecular formula is C14H19N5O3. The minimum absolute atomic E-state index is 0.484. The Kier molecular flexibility index (Phi) is 4.71. The predicted octanol–water partition coefficient (Wildman–Crippen LogP) is -0.410. The van der Waals surface area contributed by atoms with Gasteiger partial charge in [0, 0.05) is 6.54 Å². The Labute approximate surface area is 127 Å². The number of hydrazine groups is 1. The van der Waals surface area contributed by atoms with E-state index in [1.54, 1.807) is 12.1 Å². The summed E-state index contributed by atoms with van der Waals surface area (Å²) < 4.78 is 0. The molecule has 1 aromatic carbocycles. The fourth-order valence-electron chi connectivity index (χ4n) is 2.10. The summed E-state index contributed by atoms with van der Waals surface area (Å²) in [5.41, 5.74) is 6.03. The van der Waals surface area contributed by atoms with Crippen LogP contribution in [0.4, 0.5) is 4.79 Å². The van der Waals surface area contributed by atoms with Gasteiger partial charge in [0.2, 0.25) is 0 Å². The maximum absolute atomic E-state index is 12.4. The number of aryl methyl sites for hydroxylation is 1. The summed E-state index contributed by atoms with van der Waals surface area (Å²) in [6.45, 7) is 4.43. The van der Waals surface area contributed by atoms with Gasteiger partial charge in [-0.25, -0.2) is 20.2 Å². The quantitative estimate of drug-likeness (QED) is 0.422. The summed E-state index contributed by atoms with van der Waals surface area (Å²) in [5.74, 6) is -2.55. The average molecular weight is 305 g/mol. The molecule has 0 radical (unpaired) electrons. The Morgan fingerprint density at radius 1 is 1.32 bits per heavy atom. The minimum atomic E-state index is -1.89. The fourth-order valence-corrected chi connectivity index (χ4v) is 2.10. The second-order valence-electron chi connectivity index (χ2n) is 5.00. The Bertz CT molecular complexity index is 703. The van der Waals surface area contributed by atoms with E-state index >= 15 is 0 Å². The summed E-state index contributed by atoms with van der Waals surface area (Å²) in [4.78, 5) is 31.8.